The van der Waals surface area contributed by atoms with Gasteiger partial charge in [-0.15, -0.1) is 0 Å². The second kappa shape index (κ2) is 4.30. The van der Waals surface area contributed by atoms with E-state index in [1.54, 1.807) is 0 Å². The summed E-state index contributed by atoms with van der Waals surface area (Å²) < 4.78 is 0. The van der Waals surface area contributed by atoms with Crippen LogP contribution in [0.3, 0.4) is 0 Å². The second-order valence-corrected chi connectivity index (χ2v) is 6.73. The van der Waals surface area contributed by atoms with Crippen LogP contribution >= 0.6 is 0 Å². The zero-order valence-electron chi connectivity index (χ0n) is 11.5. The molecule has 1 atom stereocenters. The van der Waals surface area contributed by atoms with E-state index in [0.717, 1.165) is 6.04 Å². The van der Waals surface area contributed by atoms with Crippen LogP contribution in [0.15, 0.2) is 0 Å². The molecular weight excluding hydrogens is 196 g/mol. The predicted octanol–water partition coefficient (Wildman–Crippen LogP) is 2.78. The summed E-state index contributed by atoms with van der Waals surface area (Å²) in [6.07, 6.45) is 6.87. The topological polar surface area (TPSA) is 15.3 Å². The van der Waals surface area contributed by atoms with Gasteiger partial charge in [0.25, 0.3) is 0 Å². The molecule has 0 aromatic carbocycles. The first-order chi connectivity index (χ1) is 7.47. The number of rotatable bonds is 1. The minimum atomic E-state index is 0.318. The lowest BCUT2D eigenvalue weighted by Crippen LogP contribution is -2.66. The van der Waals surface area contributed by atoms with Gasteiger partial charge >= 0.3 is 0 Å². The molecule has 1 aliphatic carbocycles. The highest BCUT2D eigenvalue weighted by atomic mass is 15.3. The molecule has 2 fully saturated rings. The van der Waals surface area contributed by atoms with Crippen molar-refractivity contribution in [2.24, 2.45) is 0 Å². The zero-order chi connectivity index (χ0) is 11.8. The van der Waals surface area contributed by atoms with E-state index in [2.05, 4.69) is 37.9 Å². The Hall–Kier alpha value is -0.0800. The van der Waals surface area contributed by atoms with Crippen molar-refractivity contribution in [2.45, 2.75) is 76.9 Å². The molecule has 94 valence electrons. The molecule has 0 aromatic rings. The van der Waals surface area contributed by atoms with Gasteiger partial charge in [-0.05, 0) is 40.0 Å². The Balaban J connectivity index is 2.12. The Morgan fingerprint density at radius 1 is 1.25 bits per heavy atom. The molecule has 1 unspecified atom stereocenters. The van der Waals surface area contributed by atoms with Crippen LogP contribution in [0, 0.1) is 0 Å². The Morgan fingerprint density at radius 2 is 1.88 bits per heavy atom. The van der Waals surface area contributed by atoms with Crippen molar-refractivity contribution < 1.29 is 0 Å². The van der Waals surface area contributed by atoms with Crippen LogP contribution in [0.4, 0.5) is 0 Å². The Bertz CT molecular complexity index is 236. The SMILES string of the molecule is CCC1CNC2(CCCC2)CN1C(C)(C)C. The van der Waals surface area contributed by atoms with Gasteiger partial charge in [-0.2, -0.15) is 0 Å². The third kappa shape index (κ3) is 2.28. The number of nitrogens with zero attached hydrogens (tertiary/aromatic N) is 1. The van der Waals surface area contributed by atoms with Crippen LogP contribution in [0.25, 0.3) is 0 Å². The molecule has 1 saturated heterocycles. The van der Waals surface area contributed by atoms with Crippen molar-refractivity contribution in [1.82, 2.24) is 10.2 Å². The normalized spacial score (nSPS) is 31.1. The van der Waals surface area contributed by atoms with Crippen molar-refractivity contribution in [3.8, 4) is 0 Å². The first kappa shape index (κ1) is 12.4. The van der Waals surface area contributed by atoms with Gasteiger partial charge in [-0.1, -0.05) is 19.8 Å². The third-order valence-corrected chi connectivity index (χ3v) is 4.52. The van der Waals surface area contributed by atoms with Gasteiger partial charge < -0.3 is 5.32 Å². The van der Waals surface area contributed by atoms with Crippen molar-refractivity contribution >= 4 is 0 Å². The van der Waals surface area contributed by atoms with E-state index in [-0.39, 0.29) is 0 Å². The quantitative estimate of drug-likeness (QED) is 0.737. The molecule has 1 N–H and O–H groups in total. The average Bonchev–Trinajstić information content (AvgIpc) is 2.65. The van der Waals surface area contributed by atoms with Crippen LogP contribution in [-0.2, 0) is 0 Å². The molecule has 1 spiro atoms. The van der Waals surface area contributed by atoms with Crippen LogP contribution in [-0.4, -0.2) is 35.1 Å². The van der Waals surface area contributed by atoms with E-state index in [0.29, 0.717) is 11.1 Å². The van der Waals surface area contributed by atoms with Crippen molar-refractivity contribution in [1.29, 1.82) is 0 Å². The van der Waals surface area contributed by atoms with Gasteiger partial charge in [-0.3, -0.25) is 4.90 Å². The minimum absolute atomic E-state index is 0.318. The molecular formula is C14H28N2. The van der Waals surface area contributed by atoms with E-state index in [9.17, 15) is 0 Å². The molecule has 1 aliphatic heterocycles. The fourth-order valence-electron chi connectivity index (χ4n) is 3.49. The fourth-order valence-corrected chi connectivity index (χ4v) is 3.49. The number of hydrogen-bond acceptors (Lipinski definition) is 2. The molecule has 2 aliphatic rings. The molecule has 2 heteroatoms. The lowest BCUT2D eigenvalue weighted by Gasteiger charge is -2.51. The lowest BCUT2D eigenvalue weighted by atomic mass is 9.88. The van der Waals surface area contributed by atoms with E-state index < -0.39 is 0 Å². The standard InChI is InChI=1S/C14H28N2/c1-5-12-10-15-14(8-6-7-9-14)11-16(12)13(2,3)4/h12,15H,5-11H2,1-4H3. The summed E-state index contributed by atoms with van der Waals surface area (Å²) >= 11 is 0. The number of hydrogen-bond donors (Lipinski definition) is 1. The summed E-state index contributed by atoms with van der Waals surface area (Å²) in [5.41, 5.74) is 0.775. The highest BCUT2D eigenvalue weighted by Gasteiger charge is 2.43. The van der Waals surface area contributed by atoms with E-state index >= 15 is 0 Å². The second-order valence-electron chi connectivity index (χ2n) is 6.73. The third-order valence-electron chi connectivity index (χ3n) is 4.52. The molecule has 16 heavy (non-hydrogen) atoms. The fraction of sp³-hybridized carbons (Fsp3) is 1.00. The van der Waals surface area contributed by atoms with Gasteiger partial charge in [-0.25, -0.2) is 0 Å². The van der Waals surface area contributed by atoms with Gasteiger partial charge in [0.05, 0.1) is 0 Å². The van der Waals surface area contributed by atoms with Crippen molar-refractivity contribution in [2.75, 3.05) is 13.1 Å². The largest absolute Gasteiger partial charge is 0.308 e. The monoisotopic (exact) mass is 224 g/mol. The van der Waals surface area contributed by atoms with Crippen LogP contribution in [0.2, 0.25) is 0 Å². The van der Waals surface area contributed by atoms with E-state index in [1.165, 1.54) is 45.2 Å². The van der Waals surface area contributed by atoms with Gasteiger partial charge in [0.1, 0.15) is 0 Å². The number of nitrogens with one attached hydrogen (secondary N) is 1. The molecule has 0 radical (unpaired) electrons. The maximum atomic E-state index is 3.86. The maximum Gasteiger partial charge on any atom is 0.0309 e. The molecule has 0 bridgehead atoms. The molecule has 0 amide bonds. The molecule has 1 saturated carbocycles. The summed E-state index contributed by atoms with van der Waals surface area (Å²) in [6, 6.07) is 0.728. The first-order valence-corrected chi connectivity index (χ1v) is 6.99. The summed E-state index contributed by atoms with van der Waals surface area (Å²) in [5, 5.41) is 3.86. The summed E-state index contributed by atoms with van der Waals surface area (Å²) in [6.45, 7) is 11.9. The smallest absolute Gasteiger partial charge is 0.0309 e. The predicted molar refractivity (Wildman–Crippen MR) is 69.7 cm³/mol. The summed E-state index contributed by atoms with van der Waals surface area (Å²) in [5.74, 6) is 0. The summed E-state index contributed by atoms with van der Waals surface area (Å²) in [4.78, 5) is 2.74. The highest BCUT2D eigenvalue weighted by Crippen LogP contribution is 2.36. The number of piperazine rings is 1. The molecule has 0 aromatic heterocycles. The van der Waals surface area contributed by atoms with Gasteiger partial charge in [0, 0.05) is 30.2 Å². The highest BCUT2D eigenvalue weighted by molar-refractivity contribution is 5.03. The Kier molecular flexibility index (Phi) is 3.33. The average molecular weight is 224 g/mol. The van der Waals surface area contributed by atoms with Crippen LogP contribution < -0.4 is 5.32 Å². The minimum Gasteiger partial charge on any atom is -0.308 e. The van der Waals surface area contributed by atoms with Crippen LogP contribution in [0.1, 0.15) is 59.8 Å². The Morgan fingerprint density at radius 3 is 2.38 bits per heavy atom. The maximum absolute atomic E-state index is 3.86. The van der Waals surface area contributed by atoms with Crippen molar-refractivity contribution in [3.05, 3.63) is 0 Å². The molecule has 2 rings (SSSR count). The van der Waals surface area contributed by atoms with Crippen LogP contribution in [0.5, 0.6) is 0 Å². The zero-order valence-corrected chi connectivity index (χ0v) is 11.5. The van der Waals surface area contributed by atoms with E-state index in [1.807, 2.05) is 0 Å². The Labute approximate surface area is 101 Å². The van der Waals surface area contributed by atoms with Crippen molar-refractivity contribution in [3.63, 3.8) is 0 Å². The molecule has 1 heterocycles. The summed E-state index contributed by atoms with van der Waals surface area (Å²) in [7, 11) is 0. The van der Waals surface area contributed by atoms with Gasteiger partial charge in [0.15, 0.2) is 0 Å². The van der Waals surface area contributed by atoms with Gasteiger partial charge in [0.2, 0.25) is 0 Å². The molecule has 2 nitrogen and oxygen atoms in total. The first-order valence-electron chi connectivity index (χ1n) is 6.99. The van der Waals surface area contributed by atoms with E-state index in [4.69, 9.17) is 0 Å². The lowest BCUT2D eigenvalue weighted by molar-refractivity contribution is 0.00837.